The normalized spacial score (nSPS) is 13.3. The number of thiophene rings is 1. The van der Waals surface area contributed by atoms with Crippen LogP contribution in [0.5, 0.6) is 5.75 Å². The average molecular weight is 358 g/mol. The summed E-state index contributed by atoms with van der Waals surface area (Å²) in [6.07, 6.45) is 0. The topological polar surface area (TPSA) is 58.6 Å². The summed E-state index contributed by atoms with van der Waals surface area (Å²) < 4.78 is 45.7. The van der Waals surface area contributed by atoms with Gasteiger partial charge >= 0.3 is 0 Å². The van der Waals surface area contributed by atoms with E-state index in [2.05, 4.69) is 4.72 Å². The van der Waals surface area contributed by atoms with Gasteiger partial charge in [-0.1, -0.05) is 0 Å². The van der Waals surface area contributed by atoms with Gasteiger partial charge in [-0.25, -0.2) is 17.5 Å². The SMILES string of the molecule is COc1ccc(S(=O)(=O)NC[C@@H](c2ccsc2)N(C)C)cc1F. The molecule has 0 spiro atoms. The van der Waals surface area contributed by atoms with Crippen molar-refractivity contribution in [2.24, 2.45) is 0 Å². The van der Waals surface area contributed by atoms with Gasteiger partial charge in [0.2, 0.25) is 10.0 Å². The fraction of sp³-hybridized carbons (Fsp3) is 0.333. The summed E-state index contributed by atoms with van der Waals surface area (Å²) in [4.78, 5) is 1.80. The van der Waals surface area contributed by atoms with E-state index < -0.39 is 15.8 Å². The first-order chi connectivity index (χ1) is 10.8. The number of rotatable bonds is 7. The van der Waals surface area contributed by atoms with Gasteiger partial charge in [-0.15, -0.1) is 0 Å². The summed E-state index contributed by atoms with van der Waals surface area (Å²) in [7, 11) is 1.29. The van der Waals surface area contributed by atoms with Crippen LogP contribution in [0.1, 0.15) is 11.6 Å². The zero-order chi connectivity index (χ0) is 17.0. The van der Waals surface area contributed by atoms with E-state index in [0.29, 0.717) is 0 Å². The molecule has 0 saturated carbocycles. The van der Waals surface area contributed by atoms with Crippen molar-refractivity contribution in [1.29, 1.82) is 0 Å². The number of halogens is 1. The Balaban J connectivity index is 2.16. The first-order valence-corrected chi connectivity index (χ1v) is 9.29. The number of nitrogens with zero attached hydrogens (tertiary/aromatic N) is 1. The van der Waals surface area contributed by atoms with Crippen molar-refractivity contribution >= 4 is 21.4 Å². The third kappa shape index (κ3) is 4.29. The van der Waals surface area contributed by atoms with E-state index in [0.717, 1.165) is 11.6 Å². The fourth-order valence-corrected chi connectivity index (χ4v) is 3.91. The van der Waals surface area contributed by atoms with Crippen LogP contribution in [0.15, 0.2) is 39.9 Å². The molecular weight excluding hydrogens is 339 g/mol. The Morgan fingerprint density at radius 1 is 1.35 bits per heavy atom. The maximum absolute atomic E-state index is 13.7. The second-order valence-electron chi connectivity index (χ2n) is 5.18. The molecule has 1 aromatic heterocycles. The van der Waals surface area contributed by atoms with E-state index >= 15 is 0 Å². The molecule has 0 aliphatic rings. The van der Waals surface area contributed by atoms with Gasteiger partial charge < -0.3 is 9.64 Å². The molecule has 1 heterocycles. The van der Waals surface area contributed by atoms with Crippen LogP contribution in [0.25, 0.3) is 0 Å². The summed E-state index contributed by atoms with van der Waals surface area (Å²) in [6.45, 7) is 0.194. The Morgan fingerprint density at radius 2 is 2.09 bits per heavy atom. The standard InChI is InChI=1S/C15H19FN2O3S2/c1-18(2)14(11-6-7-22-10-11)9-17-23(19,20)12-4-5-15(21-3)13(16)8-12/h4-8,10,14,17H,9H2,1-3H3/t14-/m0/s1. The smallest absolute Gasteiger partial charge is 0.240 e. The zero-order valence-corrected chi connectivity index (χ0v) is 14.7. The largest absolute Gasteiger partial charge is 0.494 e. The second kappa shape index (κ2) is 7.39. The molecule has 0 unspecified atom stereocenters. The number of hydrogen-bond acceptors (Lipinski definition) is 5. The van der Waals surface area contributed by atoms with Crippen molar-refractivity contribution in [2.45, 2.75) is 10.9 Å². The van der Waals surface area contributed by atoms with Crippen molar-refractivity contribution in [2.75, 3.05) is 27.7 Å². The average Bonchev–Trinajstić information content (AvgIpc) is 3.01. The van der Waals surface area contributed by atoms with Crippen molar-refractivity contribution in [3.8, 4) is 5.75 Å². The van der Waals surface area contributed by atoms with E-state index in [1.807, 2.05) is 35.8 Å². The summed E-state index contributed by atoms with van der Waals surface area (Å²) in [5.41, 5.74) is 1.03. The zero-order valence-electron chi connectivity index (χ0n) is 13.1. The van der Waals surface area contributed by atoms with E-state index in [9.17, 15) is 12.8 Å². The molecule has 0 aliphatic heterocycles. The van der Waals surface area contributed by atoms with E-state index in [4.69, 9.17) is 4.74 Å². The quantitative estimate of drug-likeness (QED) is 0.826. The fourth-order valence-electron chi connectivity index (χ4n) is 2.15. The van der Waals surface area contributed by atoms with Crippen LogP contribution >= 0.6 is 11.3 Å². The lowest BCUT2D eigenvalue weighted by Crippen LogP contribution is -2.34. The van der Waals surface area contributed by atoms with E-state index in [1.165, 1.54) is 19.2 Å². The van der Waals surface area contributed by atoms with Gasteiger partial charge in [0.15, 0.2) is 11.6 Å². The van der Waals surface area contributed by atoms with Crippen LogP contribution in [0.2, 0.25) is 0 Å². The molecule has 8 heteroatoms. The molecule has 5 nitrogen and oxygen atoms in total. The molecule has 0 aliphatic carbocycles. The molecular formula is C15H19FN2O3S2. The first-order valence-electron chi connectivity index (χ1n) is 6.87. The summed E-state index contributed by atoms with van der Waals surface area (Å²) >= 11 is 1.55. The van der Waals surface area contributed by atoms with Gasteiger partial charge in [0.25, 0.3) is 0 Å². The number of hydrogen-bond donors (Lipinski definition) is 1. The van der Waals surface area contributed by atoms with Gasteiger partial charge in [-0.05, 0) is 54.7 Å². The minimum Gasteiger partial charge on any atom is -0.494 e. The van der Waals surface area contributed by atoms with Gasteiger partial charge in [0.05, 0.1) is 12.0 Å². The molecule has 1 aromatic carbocycles. The lowest BCUT2D eigenvalue weighted by molar-refractivity contribution is 0.300. The molecule has 0 saturated heterocycles. The summed E-state index contributed by atoms with van der Waals surface area (Å²) in [5.74, 6) is -0.703. The number of methoxy groups -OCH3 is 1. The third-order valence-electron chi connectivity index (χ3n) is 3.45. The van der Waals surface area contributed by atoms with Crippen LogP contribution in [-0.4, -0.2) is 41.1 Å². The molecule has 1 N–H and O–H groups in total. The molecule has 126 valence electrons. The highest BCUT2D eigenvalue weighted by Crippen LogP contribution is 2.23. The van der Waals surface area contributed by atoms with Gasteiger partial charge in [0.1, 0.15) is 0 Å². The minimum absolute atomic E-state index is 0.00777. The number of ether oxygens (including phenoxy) is 1. The Hall–Kier alpha value is -1.48. The Morgan fingerprint density at radius 3 is 2.61 bits per heavy atom. The first kappa shape index (κ1) is 17.9. The van der Waals surface area contributed by atoms with E-state index in [1.54, 1.807) is 11.3 Å². The lowest BCUT2D eigenvalue weighted by atomic mass is 10.1. The van der Waals surface area contributed by atoms with Crippen molar-refractivity contribution in [3.05, 3.63) is 46.4 Å². The molecule has 2 aromatic rings. The van der Waals surface area contributed by atoms with E-state index in [-0.39, 0.29) is 23.2 Å². The molecule has 1 atom stereocenters. The van der Waals surface area contributed by atoms with Gasteiger partial charge in [0, 0.05) is 12.6 Å². The number of sulfonamides is 1. The van der Waals surface area contributed by atoms with Crippen molar-refractivity contribution in [1.82, 2.24) is 9.62 Å². The molecule has 0 amide bonds. The van der Waals surface area contributed by atoms with Crippen molar-refractivity contribution < 1.29 is 17.5 Å². The van der Waals surface area contributed by atoms with Gasteiger partial charge in [-0.3, -0.25) is 0 Å². The molecule has 23 heavy (non-hydrogen) atoms. The lowest BCUT2D eigenvalue weighted by Gasteiger charge is -2.24. The Kier molecular flexibility index (Phi) is 5.74. The van der Waals surface area contributed by atoms with Crippen molar-refractivity contribution in [3.63, 3.8) is 0 Å². The highest BCUT2D eigenvalue weighted by molar-refractivity contribution is 7.89. The Bertz CT molecular complexity index is 746. The van der Waals surface area contributed by atoms with Crippen LogP contribution in [0.4, 0.5) is 4.39 Å². The maximum Gasteiger partial charge on any atom is 0.240 e. The van der Waals surface area contributed by atoms with Crippen LogP contribution < -0.4 is 9.46 Å². The Labute approximate surface area is 139 Å². The minimum atomic E-state index is -3.80. The summed E-state index contributed by atoms with van der Waals surface area (Å²) in [5, 5.41) is 3.92. The number of benzene rings is 1. The molecule has 0 fully saturated rings. The number of likely N-dealkylation sites (N-methyl/N-ethyl adjacent to an activating group) is 1. The third-order valence-corrected chi connectivity index (χ3v) is 5.57. The highest BCUT2D eigenvalue weighted by Gasteiger charge is 2.21. The van der Waals surface area contributed by atoms with Gasteiger partial charge in [-0.2, -0.15) is 11.3 Å². The predicted octanol–water partition coefficient (Wildman–Crippen LogP) is 2.48. The molecule has 0 bridgehead atoms. The predicted molar refractivity (Wildman–Crippen MR) is 88.9 cm³/mol. The highest BCUT2D eigenvalue weighted by atomic mass is 32.2. The maximum atomic E-state index is 13.7. The molecule has 0 radical (unpaired) electrons. The second-order valence-corrected chi connectivity index (χ2v) is 7.73. The van der Waals surface area contributed by atoms with Crippen LogP contribution in [0.3, 0.4) is 0 Å². The van der Waals surface area contributed by atoms with Crippen LogP contribution in [-0.2, 0) is 10.0 Å². The summed E-state index contributed by atoms with van der Waals surface area (Å²) in [6, 6.07) is 5.43. The van der Waals surface area contributed by atoms with Crippen LogP contribution in [0, 0.1) is 5.82 Å². The number of nitrogens with one attached hydrogen (secondary N) is 1. The molecule has 2 rings (SSSR count). The monoisotopic (exact) mass is 358 g/mol.